The summed E-state index contributed by atoms with van der Waals surface area (Å²) in [5.41, 5.74) is 1.21. The Morgan fingerprint density at radius 2 is 1.58 bits per heavy atom. The van der Waals surface area contributed by atoms with Crippen LogP contribution in [-0.4, -0.2) is 5.97 Å². The highest BCUT2D eigenvalue weighted by Gasteiger charge is 1.89. The van der Waals surface area contributed by atoms with Gasteiger partial charge in [0.1, 0.15) is 0 Å². The summed E-state index contributed by atoms with van der Waals surface area (Å²) in [7, 11) is 0. The van der Waals surface area contributed by atoms with E-state index in [0.717, 1.165) is 6.08 Å². The van der Waals surface area contributed by atoms with Gasteiger partial charge in [-0.2, -0.15) is 4.57 Å². The molecular weight excluding hydrogens is 238 g/mol. The lowest BCUT2D eigenvalue weighted by atomic mass is 10.2. The Morgan fingerprint density at radius 1 is 1.05 bits per heavy atom. The SMILES string of the molecule is C(=C\[n+]1ccccc1)/c1ccccc1.C=CC(=O)[O-]. The third kappa shape index (κ3) is 6.58. The zero-order valence-electron chi connectivity index (χ0n) is 10.5. The monoisotopic (exact) mass is 253 g/mol. The third-order valence-corrected chi connectivity index (χ3v) is 2.14. The lowest BCUT2D eigenvalue weighted by Crippen LogP contribution is -2.23. The summed E-state index contributed by atoms with van der Waals surface area (Å²) < 4.78 is 2.02. The van der Waals surface area contributed by atoms with Crippen LogP contribution in [0.1, 0.15) is 5.56 Å². The van der Waals surface area contributed by atoms with Gasteiger partial charge in [-0.15, -0.1) is 0 Å². The number of carbonyl (C=O) groups excluding carboxylic acids is 1. The Kier molecular flexibility index (Phi) is 6.37. The van der Waals surface area contributed by atoms with Crippen LogP contribution in [0.4, 0.5) is 0 Å². The Bertz CT molecular complexity index is 492. The standard InChI is InChI=1S/C13H12N.C3H4O2/c1-3-7-13(8-4-1)9-12-14-10-5-2-6-11-14;1-2-3(4)5/h1-12H;2H,1H2,(H,4,5)/q+1;/p-1/b12-9+;. The number of carboxylic acid groups (broad SMARTS) is 1. The minimum Gasteiger partial charge on any atom is -0.545 e. The molecule has 0 aliphatic heterocycles. The Labute approximate surface area is 112 Å². The lowest BCUT2D eigenvalue weighted by molar-refractivity contribution is -0.567. The predicted octanol–water partition coefficient (Wildman–Crippen LogP) is 1.52. The molecular formula is C16H15NO2. The molecule has 19 heavy (non-hydrogen) atoms. The average molecular weight is 253 g/mol. The van der Waals surface area contributed by atoms with Gasteiger partial charge in [0.25, 0.3) is 0 Å². The van der Waals surface area contributed by atoms with E-state index >= 15 is 0 Å². The molecule has 3 nitrogen and oxygen atoms in total. The van der Waals surface area contributed by atoms with Crippen LogP contribution in [0.3, 0.4) is 0 Å². The predicted molar refractivity (Wildman–Crippen MR) is 73.5 cm³/mol. The highest BCUT2D eigenvalue weighted by molar-refractivity contribution is 5.76. The summed E-state index contributed by atoms with van der Waals surface area (Å²) in [5.74, 6) is -1.23. The molecule has 0 fully saturated rings. The van der Waals surface area contributed by atoms with Gasteiger partial charge in [-0.3, -0.25) is 0 Å². The summed E-state index contributed by atoms with van der Waals surface area (Å²) in [6.07, 6.45) is 8.87. The zero-order valence-corrected chi connectivity index (χ0v) is 10.5. The third-order valence-electron chi connectivity index (χ3n) is 2.14. The molecule has 0 unspecified atom stereocenters. The minimum absolute atomic E-state index is 0.722. The molecule has 0 aliphatic rings. The molecule has 3 heteroatoms. The number of rotatable bonds is 3. The van der Waals surface area contributed by atoms with E-state index in [2.05, 4.69) is 24.8 Å². The smallest absolute Gasteiger partial charge is 0.175 e. The van der Waals surface area contributed by atoms with Gasteiger partial charge in [0, 0.05) is 18.2 Å². The van der Waals surface area contributed by atoms with E-state index in [1.165, 1.54) is 5.56 Å². The molecule has 0 bridgehead atoms. The first-order chi connectivity index (χ1) is 9.22. The zero-order chi connectivity index (χ0) is 13.9. The van der Waals surface area contributed by atoms with Crippen molar-refractivity contribution in [2.75, 3.05) is 0 Å². The maximum absolute atomic E-state index is 9.14. The minimum atomic E-state index is -1.23. The number of pyridine rings is 1. The van der Waals surface area contributed by atoms with E-state index in [1.54, 1.807) is 0 Å². The molecule has 0 atom stereocenters. The van der Waals surface area contributed by atoms with E-state index in [9.17, 15) is 0 Å². The number of carbonyl (C=O) groups is 1. The first-order valence-electron chi connectivity index (χ1n) is 5.75. The molecule has 2 rings (SSSR count). The van der Waals surface area contributed by atoms with Crippen LogP contribution in [0.25, 0.3) is 12.3 Å². The van der Waals surface area contributed by atoms with Crippen molar-refractivity contribution in [2.45, 2.75) is 0 Å². The molecule has 1 aromatic heterocycles. The molecule has 0 N–H and O–H groups in total. The molecule has 0 amide bonds. The number of hydrogen-bond acceptors (Lipinski definition) is 2. The molecule has 96 valence electrons. The number of nitrogens with zero attached hydrogens (tertiary/aromatic N) is 1. The maximum Gasteiger partial charge on any atom is 0.175 e. The van der Waals surface area contributed by atoms with Gasteiger partial charge >= 0.3 is 0 Å². The Hall–Kier alpha value is -2.68. The van der Waals surface area contributed by atoms with Gasteiger partial charge in [0.15, 0.2) is 18.6 Å². The van der Waals surface area contributed by atoms with Crippen LogP contribution in [0, 0.1) is 0 Å². The van der Waals surface area contributed by atoms with Crippen LogP contribution in [0.2, 0.25) is 0 Å². The van der Waals surface area contributed by atoms with Crippen LogP contribution in [0.5, 0.6) is 0 Å². The van der Waals surface area contributed by atoms with Gasteiger partial charge in [0.05, 0.1) is 5.97 Å². The number of aromatic nitrogens is 1. The number of carboxylic acids is 1. The first-order valence-corrected chi connectivity index (χ1v) is 5.75. The number of hydrogen-bond donors (Lipinski definition) is 0. The van der Waals surface area contributed by atoms with Crippen LogP contribution < -0.4 is 9.67 Å². The second-order valence-corrected chi connectivity index (χ2v) is 3.57. The van der Waals surface area contributed by atoms with Crippen molar-refractivity contribution in [3.8, 4) is 0 Å². The number of benzene rings is 1. The van der Waals surface area contributed by atoms with Gasteiger partial charge in [-0.25, -0.2) is 0 Å². The fourth-order valence-corrected chi connectivity index (χ4v) is 1.25. The van der Waals surface area contributed by atoms with Crippen molar-refractivity contribution in [1.82, 2.24) is 0 Å². The Balaban J connectivity index is 0.000000312. The second kappa shape index (κ2) is 8.42. The van der Waals surface area contributed by atoms with Crippen molar-refractivity contribution in [1.29, 1.82) is 0 Å². The molecule has 0 saturated carbocycles. The fourth-order valence-electron chi connectivity index (χ4n) is 1.25. The van der Waals surface area contributed by atoms with Crippen molar-refractivity contribution in [2.24, 2.45) is 0 Å². The lowest BCUT2D eigenvalue weighted by Gasteiger charge is -1.88. The van der Waals surface area contributed by atoms with E-state index in [1.807, 2.05) is 59.6 Å². The van der Waals surface area contributed by atoms with Crippen LogP contribution in [0.15, 0.2) is 73.6 Å². The normalized spacial score (nSPS) is 9.47. The molecule has 2 aromatic rings. The molecule has 1 heterocycles. The van der Waals surface area contributed by atoms with Crippen LogP contribution >= 0.6 is 0 Å². The van der Waals surface area contributed by atoms with Crippen molar-refractivity contribution in [3.63, 3.8) is 0 Å². The largest absolute Gasteiger partial charge is 0.545 e. The summed E-state index contributed by atoms with van der Waals surface area (Å²) in [5, 5.41) is 9.14. The van der Waals surface area contributed by atoms with Gasteiger partial charge in [-0.1, -0.05) is 43.0 Å². The second-order valence-electron chi connectivity index (χ2n) is 3.57. The Morgan fingerprint density at radius 3 is 2.11 bits per heavy atom. The summed E-state index contributed by atoms with van der Waals surface area (Å²) >= 11 is 0. The average Bonchev–Trinajstić information content (AvgIpc) is 2.48. The highest BCUT2D eigenvalue weighted by Crippen LogP contribution is 1.99. The van der Waals surface area contributed by atoms with E-state index in [0.29, 0.717) is 0 Å². The van der Waals surface area contributed by atoms with Crippen molar-refractivity contribution < 1.29 is 14.5 Å². The van der Waals surface area contributed by atoms with Gasteiger partial charge in [-0.05, 0) is 11.6 Å². The van der Waals surface area contributed by atoms with E-state index in [4.69, 9.17) is 9.90 Å². The summed E-state index contributed by atoms with van der Waals surface area (Å²) in [4.78, 5) is 9.14. The molecule has 0 radical (unpaired) electrons. The molecule has 0 aliphatic carbocycles. The molecule has 0 saturated heterocycles. The summed E-state index contributed by atoms with van der Waals surface area (Å²) in [6, 6.07) is 16.3. The van der Waals surface area contributed by atoms with E-state index < -0.39 is 5.97 Å². The maximum atomic E-state index is 9.14. The summed E-state index contributed by atoms with van der Waals surface area (Å²) in [6.45, 7) is 2.90. The van der Waals surface area contributed by atoms with Crippen LogP contribution in [-0.2, 0) is 4.79 Å². The van der Waals surface area contributed by atoms with Crippen molar-refractivity contribution in [3.05, 3.63) is 79.1 Å². The number of aliphatic carboxylic acids is 1. The van der Waals surface area contributed by atoms with Gasteiger partial charge < -0.3 is 9.90 Å². The first kappa shape index (κ1) is 14.4. The van der Waals surface area contributed by atoms with Crippen molar-refractivity contribution >= 4 is 18.2 Å². The highest BCUT2D eigenvalue weighted by atomic mass is 16.4. The topological polar surface area (TPSA) is 44.0 Å². The molecule has 1 aromatic carbocycles. The van der Waals surface area contributed by atoms with Gasteiger partial charge in [0.2, 0.25) is 0 Å². The molecule has 0 spiro atoms. The van der Waals surface area contributed by atoms with E-state index in [-0.39, 0.29) is 0 Å². The quantitative estimate of drug-likeness (QED) is 0.615. The fraction of sp³-hybridized carbons (Fsp3) is 0.